The molecule has 0 aliphatic rings. The van der Waals surface area contributed by atoms with Gasteiger partial charge in [0.2, 0.25) is 0 Å². The zero-order valence-corrected chi connectivity index (χ0v) is 10.0. The van der Waals surface area contributed by atoms with Gasteiger partial charge >= 0.3 is 0 Å². The summed E-state index contributed by atoms with van der Waals surface area (Å²) in [6, 6.07) is 4.77. The normalized spacial score (nSPS) is 10.6. The lowest BCUT2D eigenvalue weighted by Gasteiger charge is -2.15. The van der Waals surface area contributed by atoms with Crippen molar-refractivity contribution < 1.29 is 9.18 Å². The van der Waals surface area contributed by atoms with Crippen LogP contribution in [0.25, 0.3) is 0 Å². The first-order valence-electron chi connectivity index (χ1n) is 5.65. The topological polar surface area (TPSA) is 29.1 Å². The SMILES string of the molecule is CCC(CC)NC(=O)c1ccc(C)cc1F. The summed E-state index contributed by atoms with van der Waals surface area (Å²) in [4.78, 5) is 11.8. The molecule has 0 unspecified atom stereocenters. The van der Waals surface area contributed by atoms with E-state index < -0.39 is 5.82 Å². The molecule has 0 aliphatic heterocycles. The number of carbonyl (C=O) groups is 1. The fourth-order valence-corrected chi connectivity index (χ4v) is 1.56. The molecule has 3 heteroatoms. The van der Waals surface area contributed by atoms with Gasteiger partial charge in [-0.1, -0.05) is 19.9 Å². The number of halogens is 1. The number of rotatable bonds is 4. The maximum Gasteiger partial charge on any atom is 0.254 e. The number of aryl methyl sites for hydroxylation is 1. The van der Waals surface area contributed by atoms with Crippen LogP contribution >= 0.6 is 0 Å². The molecular formula is C13H18FNO. The van der Waals surface area contributed by atoms with Gasteiger partial charge in [0.1, 0.15) is 5.82 Å². The monoisotopic (exact) mass is 223 g/mol. The van der Waals surface area contributed by atoms with E-state index in [1.165, 1.54) is 12.1 Å². The Labute approximate surface area is 95.9 Å². The van der Waals surface area contributed by atoms with E-state index in [2.05, 4.69) is 5.32 Å². The van der Waals surface area contributed by atoms with Crippen LogP contribution in [0, 0.1) is 12.7 Å². The third-order valence-electron chi connectivity index (χ3n) is 2.69. The molecule has 16 heavy (non-hydrogen) atoms. The molecule has 2 nitrogen and oxygen atoms in total. The van der Waals surface area contributed by atoms with Gasteiger partial charge in [0.05, 0.1) is 5.56 Å². The first-order chi connectivity index (χ1) is 7.58. The second-order valence-electron chi connectivity index (χ2n) is 3.97. The van der Waals surface area contributed by atoms with E-state index in [0.717, 1.165) is 18.4 Å². The summed E-state index contributed by atoms with van der Waals surface area (Å²) in [6.07, 6.45) is 1.71. The van der Waals surface area contributed by atoms with Crippen molar-refractivity contribution in [3.8, 4) is 0 Å². The van der Waals surface area contributed by atoms with Crippen molar-refractivity contribution in [1.29, 1.82) is 0 Å². The van der Waals surface area contributed by atoms with E-state index in [1.807, 2.05) is 13.8 Å². The number of hydrogen-bond acceptors (Lipinski definition) is 1. The Balaban J connectivity index is 2.80. The van der Waals surface area contributed by atoms with Gasteiger partial charge in [-0.2, -0.15) is 0 Å². The molecule has 0 saturated carbocycles. The second-order valence-corrected chi connectivity index (χ2v) is 3.97. The van der Waals surface area contributed by atoms with Gasteiger partial charge < -0.3 is 5.32 Å². The zero-order valence-electron chi connectivity index (χ0n) is 10.0. The summed E-state index contributed by atoms with van der Waals surface area (Å²) < 4.78 is 13.5. The van der Waals surface area contributed by atoms with Crippen LogP contribution in [0.3, 0.4) is 0 Å². The Morgan fingerprint density at radius 2 is 2.00 bits per heavy atom. The van der Waals surface area contributed by atoms with Crippen molar-refractivity contribution >= 4 is 5.91 Å². The van der Waals surface area contributed by atoms with Crippen molar-refractivity contribution in [2.75, 3.05) is 0 Å². The summed E-state index contributed by atoms with van der Waals surface area (Å²) >= 11 is 0. The molecule has 0 heterocycles. The molecule has 0 aromatic heterocycles. The minimum absolute atomic E-state index is 0.119. The molecule has 1 amide bonds. The van der Waals surface area contributed by atoms with Crippen LogP contribution < -0.4 is 5.32 Å². The lowest BCUT2D eigenvalue weighted by atomic mass is 10.1. The lowest BCUT2D eigenvalue weighted by Crippen LogP contribution is -2.34. The van der Waals surface area contributed by atoms with Crippen molar-refractivity contribution in [1.82, 2.24) is 5.32 Å². The fourth-order valence-electron chi connectivity index (χ4n) is 1.56. The van der Waals surface area contributed by atoms with Crippen LogP contribution in [0.15, 0.2) is 18.2 Å². The van der Waals surface area contributed by atoms with Crippen LogP contribution in [0.1, 0.15) is 42.6 Å². The lowest BCUT2D eigenvalue weighted by molar-refractivity contribution is 0.0931. The van der Waals surface area contributed by atoms with Gasteiger partial charge in [-0.15, -0.1) is 0 Å². The Morgan fingerprint density at radius 3 is 2.50 bits per heavy atom. The molecule has 1 rings (SSSR count). The number of nitrogens with one attached hydrogen (secondary N) is 1. The van der Waals surface area contributed by atoms with Crippen LogP contribution in [0.5, 0.6) is 0 Å². The maximum absolute atomic E-state index is 13.5. The first-order valence-corrected chi connectivity index (χ1v) is 5.65. The van der Waals surface area contributed by atoms with Gasteiger partial charge in [-0.05, 0) is 37.5 Å². The summed E-state index contributed by atoms with van der Waals surface area (Å²) in [6.45, 7) is 5.80. The molecule has 0 bridgehead atoms. The quantitative estimate of drug-likeness (QED) is 0.835. The highest BCUT2D eigenvalue weighted by Gasteiger charge is 2.14. The van der Waals surface area contributed by atoms with Crippen LogP contribution in [-0.4, -0.2) is 11.9 Å². The van der Waals surface area contributed by atoms with E-state index in [9.17, 15) is 9.18 Å². The predicted octanol–water partition coefficient (Wildman–Crippen LogP) is 3.05. The standard InChI is InChI=1S/C13H18FNO/c1-4-10(5-2)15-13(16)11-7-6-9(3)8-12(11)14/h6-8,10H,4-5H2,1-3H3,(H,15,16). The van der Waals surface area contributed by atoms with Crippen LogP contribution in [0.2, 0.25) is 0 Å². The third kappa shape index (κ3) is 3.05. The average Bonchev–Trinajstić information content (AvgIpc) is 2.25. The minimum Gasteiger partial charge on any atom is -0.349 e. The summed E-state index contributed by atoms with van der Waals surface area (Å²) in [5, 5.41) is 2.81. The highest BCUT2D eigenvalue weighted by molar-refractivity contribution is 5.94. The van der Waals surface area contributed by atoms with E-state index in [1.54, 1.807) is 13.0 Å². The average molecular weight is 223 g/mol. The van der Waals surface area contributed by atoms with Crippen molar-refractivity contribution in [2.24, 2.45) is 0 Å². The van der Waals surface area contributed by atoms with Crippen molar-refractivity contribution in [3.63, 3.8) is 0 Å². The molecule has 0 spiro atoms. The summed E-state index contributed by atoms with van der Waals surface area (Å²) in [5.41, 5.74) is 0.939. The van der Waals surface area contributed by atoms with Crippen molar-refractivity contribution in [2.45, 2.75) is 39.7 Å². The smallest absolute Gasteiger partial charge is 0.254 e. The Kier molecular flexibility index (Phi) is 4.47. The number of benzene rings is 1. The van der Waals surface area contributed by atoms with Gasteiger partial charge in [0.25, 0.3) is 5.91 Å². The molecule has 0 atom stereocenters. The van der Waals surface area contributed by atoms with Gasteiger partial charge in [0, 0.05) is 6.04 Å². The fraction of sp³-hybridized carbons (Fsp3) is 0.462. The number of carbonyl (C=O) groups excluding carboxylic acids is 1. The van der Waals surface area contributed by atoms with Crippen LogP contribution in [0.4, 0.5) is 4.39 Å². The Hall–Kier alpha value is -1.38. The Bertz CT molecular complexity index is 372. The van der Waals surface area contributed by atoms with E-state index in [-0.39, 0.29) is 17.5 Å². The van der Waals surface area contributed by atoms with Gasteiger partial charge in [-0.25, -0.2) is 4.39 Å². The van der Waals surface area contributed by atoms with Crippen LogP contribution in [-0.2, 0) is 0 Å². The van der Waals surface area contributed by atoms with Crippen molar-refractivity contribution in [3.05, 3.63) is 35.1 Å². The summed E-state index contributed by atoms with van der Waals surface area (Å²) in [7, 11) is 0. The van der Waals surface area contributed by atoms with Gasteiger partial charge in [-0.3, -0.25) is 4.79 Å². The molecule has 1 aromatic rings. The highest BCUT2D eigenvalue weighted by Crippen LogP contribution is 2.10. The summed E-state index contributed by atoms with van der Waals surface area (Å²) in [5.74, 6) is -0.783. The molecule has 0 radical (unpaired) electrons. The molecule has 88 valence electrons. The second kappa shape index (κ2) is 5.64. The zero-order chi connectivity index (χ0) is 12.1. The Morgan fingerprint density at radius 1 is 1.38 bits per heavy atom. The molecule has 1 N–H and O–H groups in total. The third-order valence-corrected chi connectivity index (χ3v) is 2.69. The maximum atomic E-state index is 13.5. The molecular weight excluding hydrogens is 205 g/mol. The molecule has 0 fully saturated rings. The van der Waals surface area contributed by atoms with E-state index >= 15 is 0 Å². The van der Waals surface area contributed by atoms with E-state index in [0.29, 0.717) is 0 Å². The van der Waals surface area contributed by atoms with E-state index in [4.69, 9.17) is 0 Å². The highest BCUT2D eigenvalue weighted by atomic mass is 19.1. The number of hydrogen-bond donors (Lipinski definition) is 1. The molecule has 0 aliphatic carbocycles. The molecule has 1 aromatic carbocycles. The molecule has 0 saturated heterocycles. The van der Waals surface area contributed by atoms with Gasteiger partial charge in [0.15, 0.2) is 0 Å². The first kappa shape index (κ1) is 12.7. The predicted molar refractivity (Wildman–Crippen MR) is 63.0 cm³/mol. The largest absolute Gasteiger partial charge is 0.349 e. The number of amides is 1. The minimum atomic E-state index is -0.455.